The van der Waals surface area contributed by atoms with Crippen molar-refractivity contribution in [1.82, 2.24) is 14.2 Å². The molecule has 0 aliphatic carbocycles. The van der Waals surface area contributed by atoms with Crippen molar-refractivity contribution >= 4 is 22.6 Å². The second kappa shape index (κ2) is 8.02. The summed E-state index contributed by atoms with van der Waals surface area (Å²) in [7, 11) is 0. The van der Waals surface area contributed by atoms with Crippen molar-refractivity contribution in [3.05, 3.63) is 99.4 Å². The molecule has 1 amide bonds. The third-order valence-electron chi connectivity index (χ3n) is 5.35. The second-order valence-electron chi connectivity index (χ2n) is 7.50. The Balaban J connectivity index is 1.61. The molecule has 2 heterocycles. The van der Waals surface area contributed by atoms with Crippen LogP contribution in [0.25, 0.3) is 10.9 Å². The summed E-state index contributed by atoms with van der Waals surface area (Å²) in [6.45, 7) is 5.33. The molecule has 0 aliphatic rings. The van der Waals surface area contributed by atoms with Gasteiger partial charge in [0.15, 0.2) is 5.78 Å². The van der Waals surface area contributed by atoms with Gasteiger partial charge in [-0.15, -0.1) is 0 Å². The third-order valence-corrected chi connectivity index (χ3v) is 5.35. The van der Waals surface area contributed by atoms with Gasteiger partial charge in [-0.3, -0.25) is 29.1 Å². The first-order valence-electron chi connectivity index (χ1n) is 9.90. The van der Waals surface area contributed by atoms with Gasteiger partial charge in [-0.05, 0) is 50.6 Å². The van der Waals surface area contributed by atoms with Crippen molar-refractivity contribution < 1.29 is 9.59 Å². The summed E-state index contributed by atoms with van der Waals surface area (Å²) in [6.07, 6.45) is 1.41. The van der Waals surface area contributed by atoms with E-state index >= 15 is 0 Å². The molecular formula is C24H22N4O3. The number of carbonyl (C=O) groups excluding carboxylic acids is 2. The number of benzene rings is 2. The lowest BCUT2D eigenvalue weighted by Crippen LogP contribution is -2.26. The van der Waals surface area contributed by atoms with Crippen molar-refractivity contribution in [2.45, 2.75) is 27.3 Å². The van der Waals surface area contributed by atoms with Gasteiger partial charge in [-0.25, -0.2) is 4.98 Å². The molecule has 0 radical (unpaired) electrons. The molecule has 7 heteroatoms. The van der Waals surface area contributed by atoms with E-state index in [1.807, 2.05) is 26.0 Å². The topological polar surface area (TPSA) is 86.0 Å². The fourth-order valence-corrected chi connectivity index (χ4v) is 3.66. The molecule has 0 unspecified atom stereocenters. The van der Waals surface area contributed by atoms with Crippen LogP contribution in [-0.4, -0.2) is 25.9 Å². The number of hydrogen-bond donors (Lipinski definition) is 1. The Morgan fingerprint density at radius 3 is 2.48 bits per heavy atom. The summed E-state index contributed by atoms with van der Waals surface area (Å²) in [5.74, 6) is -0.504. The number of carbonyl (C=O) groups is 2. The first kappa shape index (κ1) is 20.3. The Morgan fingerprint density at radius 1 is 1.00 bits per heavy atom. The fraction of sp³-hybridized carbons (Fsp3) is 0.167. The zero-order valence-electron chi connectivity index (χ0n) is 17.5. The average molecular weight is 414 g/mol. The molecular weight excluding hydrogens is 392 g/mol. The van der Waals surface area contributed by atoms with Crippen LogP contribution in [-0.2, 0) is 6.54 Å². The molecule has 0 saturated heterocycles. The smallest absolute Gasteiger partial charge is 0.270 e. The average Bonchev–Trinajstić information content (AvgIpc) is 3.05. The molecule has 0 saturated carbocycles. The van der Waals surface area contributed by atoms with Gasteiger partial charge < -0.3 is 0 Å². The molecule has 7 nitrogen and oxygen atoms in total. The number of aryl methyl sites for hydroxylation is 2. The van der Waals surface area contributed by atoms with Gasteiger partial charge in [0.1, 0.15) is 0 Å². The minimum absolute atomic E-state index is 0.132. The third kappa shape index (κ3) is 3.77. The summed E-state index contributed by atoms with van der Waals surface area (Å²) < 4.78 is 2.91. The number of fused-ring (bicyclic) bond motifs is 1. The van der Waals surface area contributed by atoms with Crippen LogP contribution in [0.5, 0.6) is 0 Å². The monoisotopic (exact) mass is 414 g/mol. The van der Waals surface area contributed by atoms with Crippen LogP contribution in [0.4, 0.5) is 0 Å². The number of nitrogens with one attached hydrogen (secondary N) is 1. The van der Waals surface area contributed by atoms with E-state index in [0.29, 0.717) is 33.4 Å². The quantitative estimate of drug-likeness (QED) is 0.507. The summed E-state index contributed by atoms with van der Waals surface area (Å²) in [5.41, 5.74) is 6.39. The molecule has 2 aromatic carbocycles. The summed E-state index contributed by atoms with van der Waals surface area (Å²) >= 11 is 0. The number of Topliss-reactive ketones (excluding diaryl/α,β-unsaturated/α-hetero) is 1. The summed E-state index contributed by atoms with van der Waals surface area (Å²) in [4.78, 5) is 42.7. The van der Waals surface area contributed by atoms with Gasteiger partial charge >= 0.3 is 0 Å². The number of aromatic nitrogens is 3. The highest BCUT2D eigenvalue weighted by Gasteiger charge is 2.19. The standard InChI is InChI=1S/C24H22N4O3/c1-15-8-7-11-19-22(15)25-14-27(24(19)31)13-21(29)20-12-16(2)28(17(20)3)26-23(30)18-9-5-4-6-10-18/h4-12,14H,13H2,1-3H3,(H,26,30). The minimum atomic E-state index is -0.272. The van der Waals surface area contributed by atoms with Gasteiger partial charge in [0.2, 0.25) is 0 Å². The number of nitrogens with zero attached hydrogens (tertiary/aromatic N) is 3. The zero-order valence-corrected chi connectivity index (χ0v) is 17.5. The number of para-hydroxylation sites is 1. The van der Waals surface area contributed by atoms with E-state index in [1.54, 1.807) is 54.1 Å². The van der Waals surface area contributed by atoms with E-state index < -0.39 is 0 Å². The maximum atomic E-state index is 13.0. The van der Waals surface area contributed by atoms with Crippen LogP contribution in [0.15, 0.2) is 65.7 Å². The molecule has 2 aromatic heterocycles. The van der Waals surface area contributed by atoms with E-state index in [0.717, 1.165) is 5.56 Å². The predicted molar refractivity (Wildman–Crippen MR) is 119 cm³/mol. The fourth-order valence-electron chi connectivity index (χ4n) is 3.66. The number of rotatable bonds is 5. The molecule has 31 heavy (non-hydrogen) atoms. The summed E-state index contributed by atoms with van der Waals surface area (Å²) in [6, 6.07) is 16.0. The van der Waals surface area contributed by atoms with E-state index in [-0.39, 0.29) is 23.8 Å². The van der Waals surface area contributed by atoms with E-state index in [4.69, 9.17) is 0 Å². The molecule has 4 rings (SSSR count). The Bertz CT molecular complexity index is 1370. The Labute approximate surface area is 178 Å². The van der Waals surface area contributed by atoms with Crippen molar-refractivity contribution in [2.75, 3.05) is 5.43 Å². The van der Waals surface area contributed by atoms with Crippen LogP contribution in [0, 0.1) is 20.8 Å². The van der Waals surface area contributed by atoms with Crippen molar-refractivity contribution in [2.24, 2.45) is 0 Å². The SMILES string of the molecule is Cc1cccc2c(=O)n(CC(=O)c3cc(C)n(NC(=O)c4ccccc4)c3C)cnc12. The predicted octanol–water partition coefficient (Wildman–Crippen LogP) is 3.39. The molecule has 0 spiro atoms. The van der Waals surface area contributed by atoms with E-state index in [2.05, 4.69) is 10.4 Å². The van der Waals surface area contributed by atoms with E-state index in [9.17, 15) is 14.4 Å². The van der Waals surface area contributed by atoms with Crippen molar-refractivity contribution in [3.8, 4) is 0 Å². The second-order valence-corrected chi connectivity index (χ2v) is 7.50. The van der Waals surface area contributed by atoms with Crippen LogP contribution in [0.2, 0.25) is 0 Å². The van der Waals surface area contributed by atoms with Crippen LogP contribution < -0.4 is 11.0 Å². The number of amides is 1. The highest BCUT2D eigenvalue weighted by atomic mass is 16.2. The van der Waals surface area contributed by atoms with Gasteiger partial charge in [-0.2, -0.15) is 0 Å². The van der Waals surface area contributed by atoms with E-state index in [1.165, 1.54) is 10.9 Å². The molecule has 1 N–H and O–H groups in total. The van der Waals surface area contributed by atoms with Crippen molar-refractivity contribution in [1.29, 1.82) is 0 Å². The normalized spacial score (nSPS) is 10.9. The molecule has 0 bridgehead atoms. The summed E-state index contributed by atoms with van der Waals surface area (Å²) in [5, 5.41) is 0.482. The van der Waals surface area contributed by atoms with Gasteiger partial charge in [-0.1, -0.05) is 30.3 Å². The van der Waals surface area contributed by atoms with Gasteiger partial charge in [0.05, 0.1) is 23.8 Å². The largest absolute Gasteiger partial charge is 0.292 e. The van der Waals surface area contributed by atoms with Crippen LogP contribution in [0.1, 0.15) is 37.7 Å². The minimum Gasteiger partial charge on any atom is -0.292 e. The Kier molecular flexibility index (Phi) is 5.25. The molecule has 0 atom stereocenters. The Hall–Kier alpha value is -4.00. The van der Waals surface area contributed by atoms with Crippen molar-refractivity contribution in [3.63, 3.8) is 0 Å². The van der Waals surface area contributed by atoms with Gasteiger partial charge in [0, 0.05) is 22.5 Å². The first-order chi connectivity index (χ1) is 14.9. The molecule has 0 aliphatic heterocycles. The molecule has 4 aromatic rings. The zero-order chi connectivity index (χ0) is 22.1. The number of ketones is 1. The first-order valence-corrected chi connectivity index (χ1v) is 9.90. The van der Waals surface area contributed by atoms with Gasteiger partial charge in [0.25, 0.3) is 11.5 Å². The Morgan fingerprint density at radius 2 is 1.74 bits per heavy atom. The van der Waals surface area contributed by atoms with Crippen LogP contribution in [0.3, 0.4) is 0 Å². The molecule has 0 fully saturated rings. The lowest BCUT2D eigenvalue weighted by atomic mass is 10.1. The lowest BCUT2D eigenvalue weighted by Gasteiger charge is -2.12. The highest BCUT2D eigenvalue weighted by Crippen LogP contribution is 2.16. The maximum absolute atomic E-state index is 13.0. The number of hydrogen-bond acceptors (Lipinski definition) is 4. The molecule has 156 valence electrons. The lowest BCUT2D eigenvalue weighted by molar-refractivity contribution is 0.0966. The van der Waals surface area contributed by atoms with Crippen LogP contribution >= 0.6 is 0 Å². The highest BCUT2D eigenvalue weighted by molar-refractivity contribution is 6.01. The maximum Gasteiger partial charge on any atom is 0.270 e.